The fourth-order valence-electron chi connectivity index (χ4n) is 2.72. The van der Waals surface area contributed by atoms with Crippen LogP contribution in [0, 0.1) is 0 Å². The molecular formula is C23H19BrClN3O4. The highest BCUT2D eigenvalue weighted by molar-refractivity contribution is 9.10. The van der Waals surface area contributed by atoms with Gasteiger partial charge in [0.25, 0.3) is 11.8 Å². The van der Waals surface area contributed by atoms with Crippen LogP contribution in [0.25, 0.3) is 0 Å². The third-order valence-corrected chi connectivity index (χ3v) is 5.26. The zero-order valence-corrected chi connectivity index (χ0v) is 19.5. The molecule has 0 aromatic heterocycles. The maximum absolute atomic E-state index is 12.4. The SMILES string of the molecule is COc1cc(OC)c(/C=N\NC(=O)c2ccc(NC(=O)c3ccc(Cl)cc3)cc2)cc1Br. The number of carbonyl (C=O) groups excluding carboxylic acids is 2. The molecule has 2 amide bonds. The number of nitrogens with one attached hydrogen (secondary N) is 2. The van der Waals surface area contributed by atoms with Gasteiger partial charge in [0.15, 0.2) is 0 Å². The van der Waals surface area contributed by atoms with E-state index in [1.54, 1.807) is 67.8 Å². The smallest absolute Gasteiger partial charge is 0.271 e. The Balaban J connectivity index is 1.62. The van der Waals surface area contributed by atoms with Crippen molar-refractivity contribution >= 4 is 51.2 Å². The van der Waals surface area contributed by atoms with Crippen LogP contribution in [0.15, 0.2) is 70.2 Å². The number of benzene rings is 3. The minimum atomic E-state index is -0.400. The Morgan fingerprint density at radius 2 is 1.50 bits per heavy atom. The minimum Gasteiger partial charge on any atom is -0.496 e. The van der Waals surface area contributed by atoms with Gasteiger partial charge < -0.3 is 14.8 Å². The number of hydrogen-bond acceptors (Lipinski definition) is 5. The summed E-state index contributed by atoms with van der Waals surface area (Å²) in [6.45, 7) is 0. The van der Waals surface area contributed by atoms with Crippen molar-refractivity contribution in [2.75, 3.05) is 19.5 Å². The van der Waals surface area contributed by atoms with Crippen LogP contribution < -0.4 is 20.2 Å². The Hall–Kier alpha value is -3.36. The molecule has 9 heteroatoms. The van der Waals surface area contributed by atoms with E-state index < -0.39 is 5.91 Å². The van der Waals surface area contributed by atoms with E-state index in [1.807, 2.05) is 0 Å². The molecule has 2 N–H and O–H groups in total. The fraction of sp³-hybridized carbons (Fsp3) is 0.0870. The number of ether oxygens (including phenoxy) is 2. The molecule has 0 spiro atoms. The van der Waals surface area contributed by atoms with Crippen LogP contribution >= 0.6 is 27.5 Å². The molecule has 164 valence electrons. The second-order valence-electron chi connectivity index (χ2n) is 6.47. The maximum Gasteiger partial charge on any atom is 0.271 e. The minimum absolute atomic E-state index is 0.275. The first kappa shape index (κ1) is 23.3. The lowest BCUT2D eigenvalue weighted by Crippen LogP contribution is -2.18. The van der Waals surface area contributed by atoms with Crippen molar-refractivity contribution in [3.05, 3.63) is 86.8 Å². The number of hydrazone groups is 1. The Kier molecular flexibility index (Phi) is 7.86. The first-order valence-corrected chi connectivity index (χ1v) is 10.5. The number of halogens is 2. The monoisotopic (exact) mass is 515 g/mol. The Morgan fingerprint density at radius 1 is 0.906 bits per heavy atom. The molecule has 7 nitrogen and oxygen atoms in total. The fourth-order valence-corrected chi connectivity index (χ4v) is 3.37. The van der Waals surface area contributed by atoms with Crippen molar-refractivity contribution in [2.45, 2.75) is 0 Å². The number of hydrogen-bond donors (Lipinski definition) is 2. The Bertz CT molecular complexity index is 1150. The third-order valence-electron chi connectivity index (χ3n) is 4.39. The molecule has 0 aliphatic carbocycles. The number of amides is 2. The molecule has 0 heterocycles. The molecule has 0 radical (unpaired) electrons. The van der Waals surface area contributed by atoms with Gasteiger partial charge in [-0.3, -0.25) is 9.59 Å². The average molecular weight is 517 g/mol. The molecule has 0 atom stereocenters. The summed E-state index contributed by atoms with van der Waals surface area (Å²) in [6, 6.07) is 16.5. The summed E-state index contributed by atoms with van der Waals surface area (Å²) in [5.74, 6) is 0.488. The number of nitrogens with zero attached hydrogens (tertiary/aromatic N) is 1. The Labute approximate surface area is 198 Å². The molecule has 3 rings (SSSR count). The van der Waals surface area contributed by atoms with E-state index in [-0.39, 0.29) is 5.91 Å². The predicted octanol–water partition coefficient (Wildman–Crippen LogP) is 5.14. The normalized spacial score (nSPS) is 10.6. The highest BCUT2D eigenvalue weighted by Crippen LogP contribution is 2.31. The van der Waals surface area contributed by atoms with Crippen LogP contribution in [0.5, 0.6) is 11.5 Å². The Morgan fingerprint density at radius 3 is 2.12 bits per heavy atom. The van der Waals surface area contributed by atoms with E-state index in [0.717, 1.165) is 4.47 Å². The van der Waals surface area contributed by atoms with Crippen LogP contribution in [0.1, 0.15) is 26.3 Å². The summed E-state index contributed by atoms with van der Waals surface area (Å²) in [7, 11) is 3.09. The summed E-state index contributed by atoms with van der Waals surface area (Å²) in [6.07, 6.45) is 1.47. The topological polar surface area (TPSA) is 89.0 Å². The molecular weight excluding hydrogens is 498 g/mol. The van der Waals surface area contributed by atoms with Gasteiger partial charge in [0.05, 0.1) is 24.9 Å². The highest BCUT2D eigenvalue weighted by Gasteiger charge is 2.10. The molecule has 0 aliphatic heterocycles. The van der Waals surface area contributed by atoms with Crippen LogP contribution in [0.4, 0.5) is 5.69 Å². The van der Waals surface area contributed by atoms with Gasteiger partial charge in [0.1, 0.15) is 11.5 Å². The summed E-state index contributed by atoms with van der Waals surface area (Å²) in [5, 5.41) is 7.31. The van der Waals surface area contributed by atoms with Gasteiger partial charge in [-0.2, -0.15) is 5.10 Å². The number of anilines is 1. The molecule has 0 unspecified atom stereocenters. The lowest BCUT2D eigenvalue weighted by molar-refractivity contribution is 0.0954. The average Bonchev–Trinajstić information content (AvgIpc) is 2.80. The molecule has 0 saturated heterocycles. The first-order chi connectivity index (χ1) is 15.4. The lowest BCUT2D eigenvalue weighted by Gasteiger charge is -2.09. The number of carbonyl (C=O) groups is 2. The molecule has 0 saturated carbocycles. The molecule has 3 aromatic carbocycles. The zero-order valence-electron chi connectivity index (χ0n) is 17.2. The van der Waals surface area contributed by atoms with Gasteiger partial charge in [-0.25, -0.2) is 5.43 Å². The van der Waals surface area contributed by atoms with Gasteiger partial charge in [0, 0.05) is 33.5 Å². The second-order valence-corrected chi connectivity index (χ2v) is 7.76. The summed E-state index contributed by atoms with van der Waals surface area (Å²) >= 11 is 9.24. The molecule has 0 fully saturated rings. The van der Waals surface area contributed by atoms with Crippen molar-refractivity contribution in [3.63, 3.8) is 0 Å². The summed E-state index contributed by atoms with van der Waals surface area (Å²) in [4.78, 5) is 24.6. The van der Waals surface area contributed by atoms with E-state index in [0.29, 0.717) is 38.9 Å². The molecule has 32 heavy (non-hydrogen) atoms. The maximum atomic E-state index is 12.4. The second kappa shape index (κ2) is 10.8. The first-order valence-electron chi connectivity index (χ1n) is 9.33. The summed E-state index contributed by atoms with van der Waals surface area (Å²) < 4.78 is 11.3. The summed E-state index contributed by atoms with van der Waals surface area (Å²) in [5.41, 5.74) is 4.54. The van der Waals surface area contributed by atoms with Crippen molar-refractivity contribution < 1.29 is 19.1 Å². The van der Waals surface area contributed by atoms with E-state index in [9.17, 15) is 9.59 Å². The predicted molar refractivity (Wildman–Crippen MR) is 128 cm³/mol. The van der Waals surface area contributed by atoms with Crippen molar-refractivity contribution in [2.24, 2.45) is 5.10 Å². The van der Waals surface area contributed by atoms with Gasteiger partial charge in [-0.1, -0.05) is 11.6 Å². The van der Waals surface area contributed by atoms with E-state index >= 15 is 0 Å². The van der Waals surface area contributed by atoms with Crippen molar-refractivity contribution in [3.8, 4) is 11.5 Å². The van der Waals surface area contributed by atoms with E-state index in [4.69, 9.17) is 21.1 Å². The molecule has 3 aromatic rings. The van der Waals surface area contributed by atoms with Crippen molar-refractivity contribution in [1.82, 2.24) is 5.43 Å². The molecule has 0 aliphatic rings. The van der Waals surface area contributed by atoms with Crippen LogP contribution in [-0.4, -0.2) is 32.2 Å². The highest BCUT2D eigenvalue weighted by atomic mass is 79.9. The van der Waals surface area contributed by atoms with Gasteiger partial charge in [0.2, 0.25) is 0 Å². The van der Waals surface area contributed by atoms with Crippen LogP contribution in [0.2, 0.25) is 5.02 Å². The largest absolute Gasteiger partial charge is 0.496 e. The number of rotatable bonds is 7. The zero-order chi connectivity index (χ0) is 23.1. The van der Waals surface area contributed by atoms with E-state index in [2.05, 4.69) is 31.8 Å². The standard InChI is InChI=1S/C23H19BrClN3O4/c1-31-20-12-21(32-2)19(24)11-16(20)13-26-28-23(30)15-5-9-18(10-6-15)27-22(29)14-3-7-17(25)8-4-14/h3-13H,1-2H3,(H,27,29)(H,28,30)/b26-13-. The van der Waals surface area contributed by atoms with Crippen LogP contribution in [0.3, 0.4) is 0 Å². The van der Waals surface area contributed by atoms with Crippen LogP contribution in [-0.2, 0) is 0 Å². The van der Waals surface area contributed by atoms with Gasteiger partial charge in [-0.15, -0.1) is 0 Å². The third kappa shape index (κ3) is 5.87. The lowest BCUT2D eigenvalue weighted by atomic mass is 10.1. The number of methoxy groups -OCH3 is 2. The quantitative estimate of drug-likeness (QED) is 0.336. The molecule has 0 bridgehead atoms. The van der Waals surface area contributed by atoms with E-state index in [1.165, 1.54) is 13.3 Å². The van der Waals surface area contributed by atoms with Gasteiger partial charge >= 0.3 is 0 Å². The van der Waals surface area contributed by atoms with Gasteiger partial charge in [-0.05, 0) is 70.5 Å². The van der Waals surface area contributed by atoms with Crippen molar-refractivity contribution in [1.29, 1.82) is 0 Å².